The van der Waals surface area contributed by atoms with Gasteiger partial charge in [-0.05, 0) is 13.3 Å². The first-order valence-electron chi connectivity index (χ1n) is 6.38. The molecular weight excluding hydrogens is 230 g/mol. The zero-order valence-electron chi connectivity index (χ0n) is 11.1. The zero-order chi connectivity index (χ0) is 13.4. The molecule has 1 fully saturated rings. The number of amidine groups is 1. The van der Waals surface area contributed by atoms with Crippen molar-refractivity contribution in [3.8, 4) is 0 Å². The van der Waals surface area contributed by atoms with Gasteiger partial charge >= 0.3 is 6.03 Å². The highest BCUT2D eigenvalue weighted by Gasteiger charge is 2.53. The van der Waals surface area contributed by atoms with Gasteiger partial charge in [0, 0.05) is 26.0 Å². The third-order valence-electron chi connectivity index (χ3n) is 4.13. The topological polar surface area (TPSA) is 67.9 Å². The van der Waals surface area contributed by atoms with Crippen LogP contribution in [0.2, 0.25) is 0 Å². The quantitative estimate of drug-likeness (QED) is 0.776. The minimum absolute atomic E-state index is 0.248. The van der Waals surface area contributed by atoms with Crippen LogP contribution in [0.3, 0.4) is 0 Å². The standard InChI is InChI=1S/C13H21N3O2/c1-4-7-16-11(17)15-10(14)13(16)6-8-18-12(3,5-2)9-13/h4H,1,5-9H2,2-3H3,(H2,14,15,17). The molecule has 1 saturated heterocycles. The van der Waals surface area contributed by atoms with Crippen molar-refractivity contribution in [2.75, 3.05) is 13.2 Å². The number of carbonyl (C=O) groups is 1. The van der Waals surface area contributed by atoms with E-state index in [1.165, 1.54) is 0 Å². The second-order valence-electron chi connectivity index (χ2n) is 5.29. The van der Waals surface area contributed by atoms with Crippen LogP contribution in [-0.2, 0) is 4.74 Å². The third kappa shape index (κ3) is 1.82. The Labute approximate surface area is 108 Å². The first-order valence-corrected chi connectivity index (χ1v) is 6.38. The lowest BCUT2D eigenvalue weighted by molar-refractivity contribution is -0.101. The molecule has 2 atom stereocenters. The normalized spacial score (nSPS) is 36.0. The van der Waals surface area contributed by atoms with E-state index in [0.717, 1.165) is 6.42 Å². The second-order valence-corrected chi connectivity index (χ2v) is 5.29. The van der Waals surface area contributed by atoms with E-state index >= 15 is 0 Å². The number of hydrogen-bond acceptors (Lipinski definition) is 3. The third-order valence-corrected chi connectivity index (χ3v) is 4.13. The summed E-state index contributed by atoms with van der Waals surface area (Å²) in [6.07, 6.45) is 4.01. The van der Waals surface area contributed by atoms with Crippen LogP contribution in [0.4, 0.5) is 4.79 Å². The fraction of sp³-hybridized carbons (Fsp3) is 0.692. The van der Waals surface area contributed by atoms with Crippen LogP contribution in [0.5, 0.6) is 0 Å². The lowest BCUT2D eigenvalue weighted by Crippen LogP contribution is -2.61. The van der Waals surface area contributed by atoms with Crippen molar-refractivity contribution in [1.82, 2.24) is 4.90 Å². The van der Waals surface area contributed by atoms with E-state index in [9.17, 15) is 4.79 Å². The van der Waals surface area contributed by atoms with Crippen LogP contribution in [0.15, 0.2) is 17.6 Å². The summed E-state index contributed by atoms with van der Waals surface area (Å²) in [5.41, 5.74) is 5.30. The smallest absolute Gasteiger partial charge is 0.346 e. The Kier molecular flexibility index (Phi) is 3.19. The highest BCUT2D eigenvalue weighted by molar-refractivity contribution is 6.06. The maximum Gasteiger partial charge on any atom is 0.346 e. The summed E-state index contributed by atoms with van der Waals surface area (Å²) in [6.45, 7) is 8.92. The van der Waals surface area contributed by atoms with Gasteiger partial charge in [0.25, 0.3) is 0 Å². The van der Waals surface area contributed by atoms with Gasteiger partial charge in [0.15, 0.2) is 0 Å². The molecule has 0 aliphatic carbocycles. The van der Waals surface area contributed by atoms with Crippen LogP contribution in [0.1, 0.15) is 33.1 Å². The Morgan fingerprint density at radius 3 is 3.00 bits per heavy atom. The molecule has 2 amide bonds. The number of amides is 2. The largest absolute Gasteiger partial charge is 0.385 e. The van der Waals surface area contributed by atoms with Crippen LogP contribution < -0.4 is 5.73 Å². The van der Waals surface area contributed by atoms with E-state index in [4.69, 9.17) is 10.5 Å². The highest BCUT2D eigenvalue weighted by Crippen LogP contribution is 2.41. The van der Waals surface area contributed by atoms with Crippen molar-refractivity contribution in [3.05, 3.63) is 12.7 Å². The van der Waals surface area contributed by atoms with Gasteiger partial charge in [-0.2, -0.15) is 4.99 Å². The van der Waals surface area contributed by atoms with Gasteiger partial charge in [0.05, 0.1) is 5.60 Å². The van der Waals surface area contributed by atoms with Gasteiger partial charge in [-0.1, -0.05) is 13.0 Å². The van der Waals surface area contributed by atoms with Gasteiger partial charge in [0.2, 0.25) is 0 Å². The summed E-state index contributed by atoms with van der Waals surface area (Å²) in [4.78, 5) is 17.6. The molecule has 2 N–H and O–H groups in total. The van der Waals surface area contributed by atoms with Crippen LogP contribution in [0, 0.1) is 0 Å². The summed E-state index contributed by atoms with van der Waals surface area (Å²) in [5, 5.41) is 0. The minimum Gasteiger partial charge on any atom is -0.385 e. The lowest BCUT2D eigenvalue weighted by atomic mass is 9.77. The number of aliphatic imine (C=N–C) groups is 1. The zero-order valence-corrected chi connectivity index (χ0v) is 11.1. The number of ether oxygens (including phenoxy) is 1. The van der Waals surface area contributed by atoms with E-state index in [0.29, 0.717) is 31.8 Å². The van der Waals surface area contributed by atoms with Crippen LogP contribution >= 0.6 is 0 Å². The fourth-order valence-electron chi connectivity index (χ4n) is 2.87. The molecule has 0 saturated carbocycles. The van der Waals surface area contributed by atoms with Gasteiger partial charge in [-0.25, -0.2) is 4.79 Å². The maximum atomic E-state index is 11.9. The highest BCUT2D eigenvalue weighted by atomic mass is 16.5. The number of nitrogens with zero attached hydrogens (tertiary/aromatic N) is 2. The molecule has 18 heavy (non-hydrogen) atoms. The molecule has 2 rings (SSSR count). The van der Waals surface area contributed by atoms with Gasteiger partial charge in [0.1, 0.15) is 11.4 Å². The summed E-state index contributed by atoms with van der Waals surface area (Å²) in [6, 6.07) is -0.257. The Hall–Kier alpha value is -1.36. The lowest BCUT2D eigenvalue weighted by Gasteiger charge is -2.47. The van der Waals surface area contributed by atoms with Gasteiger partial charge in [-0.15, -0.1) is 6.58 Å². The molecular formula is C13H21N3O2. The number of hydrogen-bond donors (Lipinski definition) is 1. The molecule has 0 aromatic heterocycles. The first-order chi connectivity index (χ1) is 8.47. The van der Waals surface area contributed by atoms with Crippen LogP contribution in [-0.4, -0.2) is 41.1 Å². The summed E-state index contributed by atoms with van der Waals surface area (Å²) in [7, 11) is 0. The van der Waals surface area contributed by atoms with Gasteiger partial charge < -0.3 is 15.4 Å². The molecule has 0 aromatic carbocycles. The number of urea groups is 1. The first kappa shape index (κ1) is 13.1. The maximum absolute atomic E-state index is 11.9. The Morgan fingerprint density at radius 2 is 2.39 bits per heavy atom. The van der Waals surface area contributed by atoms with E-state index < -0.39 is 5.54 Å². The molecule has 5 heteroatoms. The second kappa shape index (κ2) is 4.39. The monoisotopic (exact) mass is 251 g/mol. The van der Waals surface area contributed by atoms with E-state index in [-0.39, 0.29) is 11.6 Å². The van der Waals surface area contributed by atoms with Crippen LogP contribution in [0.25, 0.3) is 0 Å². The molecule has 5 nitrogen and oxygen atoms in total. The van der Waals surface area contributed by atoms with E-state index in [1.807, 2.05) is 0 Å². The summed E-state index contributed by atoms with van der Waals surface area (Å²) >= 11 is 0. The molecule has 2 unspecified atom stereocenters. The molecule has 0 aromatic rings. The number of rotatable bonds is 3. The molecule has 2 aliphatic heterocycles. The number of nitrogens with two attached hydrogens (primary N) is 1. The van der Waals surface area contributed by atoms with Crippen molar-refractivity contribution >= 4 is 11.9 Å². The molecule has 0 bridgehead atoms. The van der Waals surface area contributed by atoms with Gasteiger partial charge in [-0.3, -0.25) is 0 Å². The summed E-state index contributed by atoms with van der Waals surface area (Å²) < 4.78 is 5.84. The molecule has 2 heterocycles. The molecule has 2 aliphatic rings. The molecule has 1 spiro atoms. The summed E-state index contributed by atoms with van der Waals surface area (Å²) in [5.74, 6) is 0.428. The number of carbonyl (C=O) groups excluding carboxylic acids is 1. The van der Waals surface area contributed by atoms with Crippen molar-refractivity contribution in [3.63, 3.8) is 0 Å². The van der Waals surface area contributed by atoms with Crippen molar-refractivity contribution in [1.29, 1.82) is 0 Å². The van der Waals surface area contributed by atoms with Crippen molar-refractivity contribution in [2.24, 2.45) is 10.7 Å². The molecule has 0 radical (unpaired) electrons. The average molecular weight is 251 g/mol. The SMILES string of the molecule is C=CCN1C(=O)N=C(N)C12CCOC(C)(CC)C2. The fourth-order valence-corrected chi connectivity index (χ4v) is 2.87. The Balaban J connectivity index is 2.35. The van der Waals surface area contributed by atoms with E-state index in [1.54, 1.807) is 11.0 Å². The predicted molar refractivity (Wildman–Crippen MR) is 70.5 cm³/mol. The minimum atomic E-state index is -0.478. The molecule has 100 valence electrons. The van der Waals surface area contributed by atoms with Crippen molar-refractivity contribution in [2.45, 2.75) is 44.2 Å². The predicted octanol–water partition coefficient (Wildman–Crippen LogP) is 1.68. The van der Waals surface area contributed by atoms with Crippen molar-refractivity contribution < 1.29 is 9.53 Å². The Morgan fingerprint density at radius 1 is 1.67 bits per heavy atom. The Bertz CT molecular complexity index is 407. The average Bonchev–Trinajstić information content (AvgIpc) is 2.54. The van der Waals surface area contributed by atoms with E-state index in [2.05, 4.69) is 25.4 Å².